The maximum atomic E-state index is 12.3. The van der Waals surface area contributed by atoms with Crippen LogP contribution < -0.4 is 15.2 Å². The van der Waals surface area contributed by atoms with Gasteiger partial charge in [0.05, 0.1) is 12.6 Å². The van der Waals surface area contributed by atoms with E-state index >= 15 is 0 Å². The maximum absolute atomic E-state index is 12.3. The number of rotatable bonds is 6. The SMILES string of the molecule is CCOc1cc(C(N)c2cncnc2)ccc1OC(F)F. The number of hydrogen-bond acceptors (Lipinski definition) is 5. The second-order valence-corrected chi connectivity index (χ2v) is 4.17. The van der Waals surface area contributed by atoms with Gasteiger partial charge in [0.2, 0.25) is 0 Å². The highest BCUT2D eigenvalue weighted by atomic mass is 19.3. The van der Waals surface area contributed by atoms with Crippen LogP contribution in [0.3, 0.4) is 0 Å². The highest BCUT2D eigenvalue weighted by Crippen LogP contribution is 2.32. The van der Waals surface area contributed by atoms with E-state index in [0.29, 0.717) is 17.7 Å². The summed E-state index contributed by atoms with van der Waals surface area (Å²) in [6, 6.07) is 4.12. The molecule has 0 saturated heterocycles. The average Bonchev–Trinajstić information content (AvgIpc) is 2.49. The minimum atomic E-state index is -2.91. The van der Waals surface area contributed by atoms with Gasteiger partial charge in [-0.25, -0.2) is 9.97 Å². The van der Waals surface area contributed by atoms with Crippen LogP contribution in [0.4, 0.5) is 8.78 Å². The summed E-state index contributed by atoms with van der Waals surface area (Å²) in [5.74, 6) is 0.203. The van der Waals surface area contributed by atoms with Gasteiger partial charge >= 0.3 is 6.61 Å². The Bertz CT molecular complexity index is 582. The quantitative estimate of drug-likeness (QED) is 0.886. The summed E-state index contributed by atoms with van der Waals surface area (Å²) < 4.78 is 34.4. The van der Waals surface area contributed by atoms with Crippen molar-refractivity contribution in [3.8, 4) is 11.5 Å². The molecule has 0 amide bonds. The Morgan fingerprint density at radius 1 is 1.14 bits per heavy atom. The minimum absolute atomic E-state index is 0.0212. The van der Waals surface area contributed by atoms with Gasteiger partial charge in [0, 0.05) is 18.0 Å². The largest absolute Gasteiger partial charge is 0.490 e. The smallest absolute Gasteiger partial charge is 0.387 e. The van der Waals surface area contributed by atoms with Gasteiger partial charge in [-0.2, -0.15) is 8.78 Å². The molecule has 0 bridgehead atoms. The number of nitrogens with two attached hydrogens (primary N) is 1. The van der Waals surface area contributed by atoms with Crippen LogP contribution in [0, 0.1) is 0 Å². The van der Waals surface area contributed by atoms with E-state index in [1.54, 1.807) is 31.5 Å². The molecule has 0 radical (unpaired) electrons. The van der Waals surface area contributed by atoms with Crippen LogP contribution in [0.25, 0.3) is 0 Å². The zero-order chi connectivity index (χ0) is 15.2. The highest BCUT2D eigenvalue weighted by Gasteiger charge is 2.15. The topological polar surface area (TPSA) is 70.3 Å². The van der Waals surface area contributed by atoms with Crippen LogP contribution in [-0.2, 0) is 0 Å². The number of alkyl halides is 2. The van der Waals surface area contributed by atoms with Crippen molar-refractivity contribution >= 4 is 0 Å². The summed E-state index contributed by atoms with van der Waals surface area (Å²) in [6.45, 7) is -0.831. The maximum Gasteiger partial charge on any atom is 0.387 e. The number of aromatic nitrogens is 2. The van der Waals surface area contributed by atoms with E-state index in [2.05, 4.69) is 14.7 Å². The van der Waals surface area contributed by atoms with E-state index in [-0.39, 0.29) is 11.5 Å². The van der Waals surface area contributed by atoms with Crippen LogP contribution in [0.1, 0.15) is 24.1 Å². The predicted molar refractivity (Wildman–Crippen MR) is 72.3 cm³/mol. The molecular weight excluding hydrogens is 280 g/mol. The Morgan fingerprint density at radius 2 is 1.86 bits per heavy atom. The fourth-order valence-electron chi connectivity index (χ4n) is 1.84. The van der Waals surface area contributed by atoms with Gasteiger partial charge in [-0.1, -0.05) is 6.07 Å². The molecule has 2 N–H and O–H groups in total. The lowest BCUT2D eigenvalue weighted by molar-refractivity contribution is -0.0514. The van der Waals surface area contributed by atoms with Crippen molar-refractivity contribution in [1.29, 1.82) is 0 Å². The highest BCUT2D eigenvalue weighted by molar-refractivity contribution is 5.45. The summed E-state index contributed by atoms with van der Waals surface area (Å²) in [5, 5.41) is 0. The van der Waals surface area contributed by atoms with Crippen LogP contribution >= 0.6 is 0 Å². The number of ether oxygens (including phenoxy) is 2. The average molecular weight is 295 g/mol. The van der Waals surface area contributed by atoms with Crippen molar-refractivity contribution < 1.29 is 18.3 Å². The molecule has 1 atom stereocenters. The molecular formula is C14H15F2N3O2. The number of halogens is 2. The van der Waals surface area contributed by atoms with Crippen molar-refractivity contribution in [2.24, 2.45) is 5.73 Å². The zero-order valence-electron chi connectivity index (χ0n) is 11.4. The van der Waals surface area contributed by atoms with Crippen molar-refractivity contribution in [3.05, 3.63) is 48.0 Å². The molecule has 2 rings (SSSR count). The summed E-state index contributed by atoms with van der Waals surface area (Å²) in [4.78, 5) is 7.80. The molecule has 112 valence electrons. The summed E-state index contributed by atoms with van der Waals surface area (Å²) in [6.07, 6.45) is 4.60. The molecule has 1 unspecified atom stereocenters. The van der Waals surface area contributed by atoms with Gasteiger partial charge in [0.15, 0.2) is 11.5 Å². The molecule has 0 saturated carbocycles. The third-order valence-corrected chi connectivity index (χ3v) is 2.78. The Hall–Kier alpha value is -2.28. The normalized spacial score (nSPS) is 12.2. The lowest BCUT2D eigenvalue weighted by Gasteiger charge is -2.16. The predicted octanol–water partition coefficient (Wildman–Crippen LogP) is 2.52. The van der Waals surface area contributed by atoms with Crippen molar-refractivity contribution in [2.45, 2.75) is 19.6 Å². The lowest BCUT2D eigenvalue weighted by atomic mass is 10.0. The minimum Gasteiger partial charge on any atom is -0.490 e. The molecule has 0 aliphatic heterocycles. The van der Waals surface area contributed by atoms with Crippen LogP contribution in [-0.4, -0.2) is 23.2 Å². The molecule has 5 nitrogen and oxygen atoms in total. The molecule has 1 aromatic carbocycles. The number of hydrogen-bond donors (Lipinski definition) is 1. The van der Waals surface area contributed by atoms with E-state index in [1.807, 2.05) is 0 Å². The molecule has 0 fully saturated rings. The van der Waals surface area contributed by atoms with E-state index in [4.69, 9.17) is 10.5 Å². The van der Waals surface area contributed by atoms with Crippen LogP contribution in [0.5, 0.6) is 11.5 Å². The lowest BCUT2D eigenvalue weighted by Crippen LogP contribution is -2.13. The standard InChI is InChI=1S/C14H15F2N3O2/c1-2-20-12-5-9(3-4-11(12)21-14(15)16)13(17)10-6-18-8-19-7-10/h3-8,13-14H,2,17H2,1H3. The van der Waals surface area contributed by atoms with Crippen molar-refractivity contribution in [2.75, 3.05) is 6.61 Å². The number of nitrogens with zero attached hydrogens (tertiary/aromatic N) is 2. The third kappa shape index (κ3) is 3.85. The fourth-order valence-corrected chi connectivity index (χ4v) is 1.84. The van der Waals surface area contributed by atoms with E-state index < -0.39 is 12.7 Å². The van der Waals surface area contributed by atoms with Gasteiger partial charge in [-0.3, -0.25) is 0 Å². The molecule has 1 heterocycles. The molecule has 0 aliphatic carbocycles. The Kier molecular flexibility index (Phi) is 4.99. The van der Waals surface area contributed by atoms with Gasteiger partial charge in [0.1, 0.15) is 6.33 Å². The first-order valence-corrected chi connectivity index (χ1v) is 6.34. The zero-order valence-corrected chi connectivity index (χ0v) is 11.4. The Morgan fingerprint density at radius 3 is 2.48 bits per heavy atom. The van der Waals surface area contributed by atoms with E-state index in [1.165, 1.54) is 12.4 Å². The van der Waals surface area contributed by atoms with E-state index in [9.17, 15) is 8.78 Å². The summed E-state index contributed by atoms with van der Waals surface area (Å²) >= 11 is 0. The molecule has 1 aromatic heterocycles. The molecule has 7 heteroatoms. The Labute approximate surface area is 120 Å². The van der Waals surface area contributed by atoms with E-state index in [0.717, 1.165) is 0 Å². The molecule has 2 aromatic rings. The first kappa shape index (κ1) is 15.1. The number of benzene rings is 1. The fraction of sp³-hybridized carbons (Fsp3) is 0.286. The van der Waals surface area contributed by atoms with Gasteiger partial charge in [-0.15, -0.1) is 0 Å². The Balaban J connectivity index is 2.30. The van der Waals surface area contributed by atoms with Gasteiger partial charge < -0.3 is 15.2 Å². The first-order valence-electron chi connectivity index (χ1n) is 6.34. The van der Waals surface area contributed by atoms with Crippen molar-refractivity contribution in [1.82, 2.24) is 9.97 Å². The van der Waals surface area contributed by atoms with Crippen molar-refractivity contribution in [3.63, 3.8) is 0 Å². The summed E-state index contributed by atoms with van der Waals surface area (Å²) in [7, 11) is 0. The first-order chi connectivity index (χ1) is 10.1. The molecule has 0 aliphatic rings. The monoisotopic (exact) mass is 295 g/mol. The third-order valence-electron chi connectivity index (χ3n) is 2.78. The summed E-state index contributed by atoms with van der Waals surface area (Å²) in [5.41, 5.74) is 7.51. The van der Waals surface area contributed by atoms with Gasteiger partial charge in [-0.05, 0) is 24.6 Å². The second kappa shape index (κ2) is 6.94. The van der Waals surface area contributed by atoms with Crippen LogP contribution in [0.15, 0.2) is 36.9 Å². The second-order valence-electron chi connectivity index (χ2n) is 4.17. The molecule has 0 spiro atoms. The van der Waals surface area contributed by atoms with Gasteiger partial charge in [0.25, 0.3) is 0 Å². The molecule has 21 heavy (non-hydrogen) atoms. The van der Waals surface area contributed by atoms with Crippen LogP contribution in [0.2, 0.25) is 0 Å².